The molecule has 0 unspecified atom stereocenters. The fourth-order valence-corrected chi connectivity index (χ4v) is 1.73. The topological polar surface area (TPSA) is 52.1 Å². The average molecular weight is 285 g/mol. The Bertz CT molecular complexity index is 422. The summed E-state index contributed by atoms with van der Waals surface area (Å²) >= 11 is 5.93. The summed E-state index contributed by atoms with van der Waals surface area (Å²) in [5.74, 6) is 0.279. The van der Waals surface area contributed by atoms with Crippen LogP contribution in [0.1, 0.15) is 68.7 Å². The molecule has 0 saturated heterocycles. The standard InChI is InChI=1S/C14H21ClN2O2/c1-4-5-6-7-8-19-14(18)12-11(15)9-16-13(17-12)10(2)3/h9-10H,4-8H2,1-3H3. The summed E-state index contributed by atoms with van der Waals surface area (Å²) in [6.45, 7) is 6.47. The molecule has 4 nitrogen and oxygen atoms in total. The Morgan fingerprint density at radius 2 is 2.11 bits per heavy atom. The molecule has 0 amide bonds. The van der Waals surface area contributed by atoms with Crippen molar-refractivity contribution in [1.29, 1.82) is 0 Å². The third-order valence-electron chi connectivity index (χ3n) is 2.70. The van der Waals surface area contributed by atoms with E-state index in [1.54, 1.807) is 0 Å². The second kappa shape index (κ2) is 8.10. The minimum atomic E-state index is -0.467. The Labute approximate surface area is 119 Å². The first-order valence-corrected chi connectivity index (χ1v) is 7.13. The summed E-state index contributed by atoms with van der Waals surface area (Å²) in [5, 5.41) is 0.239. The SMILES string of the molecule is CCCCCCOC(=O)c1nc(C(C)C)ncc1Cl. The monoisotopic (exact) mass is 284 g/mol. The minimum absolute atomic E-state index is 0.147. The van der Waals surface area contributed by atoms with Crippen LogP contribution in [-0.2, 0) is 4.74 Å². The molecule has 19 heavy (non-hydrogen) atoms. The number of esters is 1. The van der Waals surface area contributed by atoms with Gasteiger partial charge in [-0.2, -0.15) is 0 Å². The van der Waals surface area contributed by atoms with Gasteiger partial charge in [0, 0.05) is 5.92 Å². The molecular formula is C14H21ClN2O2. The highest BCUT2D eigenvalue weighted by Crippen LogP contribution is 2.17. The van der Waals surface area contributed by atoms with E-state index in [2.05, 4.69) is 16.9 Å². The van der Waals surface area contributed by atoms with Crippen LogP contribution in [0.25, 0.3) is 0 Å². The quantitative estimate of drug-likeness (QED) is 0.561. The van der Waals surface area contributed by atoms with Crippen molar-refractivity contribution in [3.8, 4) is 0 Å². The third kappa shape index (κ3) is 5.15. The predicted molar refractivity (Wildman–Crippen MR) is 75.6 cm³/mol. The lowest BCUT2D eigenvalue weighted by atomic mass is 10.2. The van der Waals surface area contributed by atoms with Gasteiger partial charge in [0.15, 0.2) is 5.69 Å². The molecule has 5 heteroatoms. The minimum Gasteiger partial charge on any atom is -0.461 e. The molecule has 1 rings (SSSR count). The lowest BCUT2D eigenvalue weighted by Gasteiger charge is -2.08. The van der Waals surface area contributed by atoms with E-state index in [0.717, 1.165) is 25.7 Å². The molecule has 0 aromatic carbocycles. The number of aromatic nitrogens is 2. The van der Waals surface area contributed by atoms with Crippen molar-refractivity contribution in [2.24, 2.45) is 0 Å². The number of carbonyl (C=O) groups is 1. The summed E-state index contributed by atoms with van der Waals surface area (Å²) in [6, 6.07) is 0. The third-order valence-corrected chi connectivity index (χ3v) is 2.98. The van der Waals surface area contributed by atoms with Crippen molar-refractivity contribution in [2.45, 2.75) is 52.4 Å². The summed E-state index contributed by atoms with van der Waals surface area (Å²) in [4.78, 5) is 20.1. The summed E-state index contributed by atoms with van der Waals surface area (Å²) in [5.41, 5.74) is 0.163. The summed E-state index contributed by atoms with van der Waals surface area (Å²) < 4.78 is 5.18. The van der Waals surface area contributed by atoms with E-state index in [-0.39, 0.29) is 16.6 Å². The molecule has 0 aliphatic rings. The van der Waals surface area contributed by atoms with Crippen LogP contribution in [-0.4, -0.2) is 22.5 Å². The molecule has 1 aromatic rings. The van der Waals surface area contributed by atoms with Crippen molar-refractivity contribution in [3.63, 3.8) is 0 Å². The molecule has 0 atom stereocenters. The van der Waals surface area contributed by atoms with E-state index >= 15 is 0 Å². The van der Waals surface area contributed by atoms with Gasteiger partial charge in [-0.25, -0.2) is 14.8 Å². The smallest absolute Gasteiger partial charge is 0.358 e. The molecule has 0 spiro atoms. The zero-order valence-corrected chi connectivity index (χ0v) is 12.5. The van der Waals surface area contributed by atoms with E-state index in [1.807, 2.05) is 13.8 Å². The number of ether oxygens (including phenoxy) is 1. The van der Waals surface area contributed by atoms with Crippen LogP contribution in [0, 0.1) is 0 Å². The molecule has 0 aliphatic heterocycles. The van der Waals surface area contributed by atoms with Crippen molar-refractivity contribution >= 4 is 17.6 Å². The summed E-state index contributed by atoms with van der Waals surface area (Å²) in [7, 11) is 0. The van der Waals surface area contributed by atoms with Gasteiger partial charge in [-0.15, -0.1) is 0 Å². The lowest BCUT2D eigenvalue weighted by molar-refractivity contribution is 0.0490. The van der Waals surface area contributed by atoms with Gasteiger partial charge in [-0.05, 0) is 6.42 Å². The molecule has 0 fully saturated rings. The zero-order chi connectivity index (χ0) is 14.3. The summed E-state index contributed by atoms with van der Waals surface area (Å²) in [6.07, 6.45) is 5.71. The molecular weight excluding hydrogens is 264 g/mol. The number of carbonyl (C=O) groups excluding carboxylic acids is 1. The van der Waals surface area contributed by atoms with Crippen molar-refractivity contribution in [3.05, 3.63) is 22.7 Å². The largest absolute Gasteiger partial charge is 0.461 e. The average Bonchev–Trinajstić information content (AvgIpc) is 2.38. The molecule has 1 heterocycles. The molecule has 0 aliphatic carbocycles. The Balaban J connectivity index is 2.58. The van der Waals surface area contributed by atoms with E-state index in [1.165, 1.54) is 6.20 Å². The lowest BCUT2D eigenvalue weighted by Crippen LogP contribution is -2.12. The number of hydrogen-bond donors (Lipinski definition) is 0. The van der Waals surface area contributed by atoms with Crippen LogP contribution in [0.2, 0.25) is 5.02 Å². The molecule has 0 N–H and O–H groups in total. The van der Waals surface area contributed by atoms with Crippen molar-refractivity contribution < 1.29 is 9.53 Å². The first kappa shape index (κ1) is 15.9. The van der Waals surface area contributed by atoms with E-state index in [4.69, 9.17) is 16.3 Å². The zero-order valence-electron chi connectivity index (χ0n) is 11.8. The Morgan fingerprint density at radius 1 is 1.37 bits per heavy atom. The Hall–Kier alpha value is -1.16. The second-order valence-electron chi connectivity index (χ2n) is 4.78. The van der Waals surface area contributed by atoms with Crippen LogP contribution in [0.15, 0.2) is 6.20 Å². The Kier molecular flexibility index (Phi) is 6.78. The maximum Gasteiger partial charge on any atom is 0.358 e. The number of rotatable bonds is 7. The van der Waals surface area contributed by atoms with Crippen LogP contribution < -0.4 is 0 Å². The highest BCUT2D eigenvalue weighted by Gasteiger charge is 2.16. The number of halogens is 1. The first-order valence-electron chi connectivity index (χ1n) is 6.75. The highest BCUT2D eigenvalue weighted by atomic mass is 35.5. The van der Waals surface area contributed by atoms with Gasteiger partial charge in [-0.1, -0.05) is 51.6 Å². The Morgan fingerprint density at radius 3 is 2.74 bits per heavy atom. The molecule has 106 valence electrons. The van der Waals surface area contributed by atoms with Gasteiger partial charge < -0.3 is 4.74 Å². The fraction of sp³-hybridized carbons (Fsp3) is 0.643. The molecule has 1 aromatic heterocycles. The maximum atomic E-state index is 11.9. The van der Waals surface area contributed by atoms with Gasteiger partial charge in [-0.3, -0.25) is 0 Å². The van der Waals surface area contributed by atoms with E-state index in [0.29, 0.717) is 12.4 Å². The molecule has 0 saturated carbocycles. The van der Waals surface area contributed by atoms with Gasteiger partial charge in [0.2, 0.25) is 0 Å². The van der Waals surface area contributed by atoms with Crippen LogP contribution in [0.5, 0.6) is 0 Å². The number of hydrogen-bond acceptors (Lipinski definition) is 4. The number of unbranched alkanes of at least 4 members (excludes halogenated alkanes) is 3. The van der Waals surface area contributed by atoms with Gasteiger partial charge in [0.25, 0.3) is 0 Å². The van der Waals surface area contributed by atoms with Crippen molar-refractivity contribution in [2.75, 3.05) is 6.61 Å². The predicted octanol–water partition coefficient (Wildman–Crippen LogP) is 3.99. The normalized spacial score (nSPS) is 10.8. The van der Waals surface area contributed by atoms with Crippen LogP contribution in [0.3, 0.4) is 0 Å². The van der Waals surface area contributed by atoms with Crippen molar-refractivity contribution in [1.82, 2.24) is 9.97 Å². The van der Waals surface area contributed by atoms with Gasteiger partial charge in [0.05, 0.1) is 17.8 Å². The van der Waals surface area contributed by atoms with Crippen LogP contribution in [0.4, 0.5) is 0 Å². The molecule has 0 radical (unpaired) electrons. The number of nitrogens with zero attached hydrogens (tertiary/aromatic N) is 2. The molecule has 0 bridgehead atoms. The first-order chi connectivity index (χ1) is 9.06. The maximum absolute atomic E-state index is 11.9. The van der Waals surface area contributed by atoms with Gasteiger partial charge >= 0.3 is 5.97 Å². The van der Waals surface area contributed by atoms with E-state index in [9.17, 15) is 4.79 Å². The highest BCUT2D eigenvalue weighted by molar-refractivity contribution is 6.33. The van der Waals surface area contributed by atoms with E-state index < -0.39 is 5.97 Å². The second-order valence-corrected chi connectivity index (χ2v) is 5.18. The fourth-order valence-electron chi connectivity index (χ4n) is 1.56. The van der Waals surface area contributed by atoms with Gasteiger partial charge in [0.1, 0.15) is 5.82 Å². The van der Waals surface area contributed by atoms with Crippen LogP contribution >= 0.6 is 11.6 Å².